The molecule has 150 valence electrons. The fourth-order valence-corrected chi connectivity index (χ4v) is 3.64. The maximum absolute atomic E-state index is 12.5. The lowest BCUT2D eigenvalue weighted by atomic mass is 10.00. The van der Waals surface area contributed by atoms with E-state index in [9.17, 15) is 9.90 Å². The summed E-state index contributed by atoms with van der Waals surface area (Å²) in [6.45, 7) is 6.37. The quantitative estimate of drug-likeness (QED) is 0.716. The molecular formula is C24H31NO3. The molecule has 0 bridgehead atoms. The number of rotatable bonds is 8. The van der Waals surface area contributed by atoms with Gasteiger partial charge in [0.2, 0.25) is 0 Å². The van der Waals surface area contributed by atoms with Crippen molar-refractivity contribution in [3.05, 3.63) is 64.7 Å². The first-order valence-electron chi connectivity index (χ1n) is 10.3. The van der Waals surface area contributed by atoms with Crippen LogP contribution in [0.3, 0.4) is 0 Å². The summed E-state index contributed by atoms with van der Waals surface area (Å²) in [7, 11) is 0. The number of nitrogens with one attached hydrogen (secondary N) is 1. The Labute approximate surface area is 167 Å². The van der Waals surface area contributed by atoms with Gasteiger partial charge in [0.1, 0.15) is 5.75 Å². The summed E-state index contributed by atoms with van der Waals surface area (Å²) in [4.78, 5) is 12.5. The Morgan fingerprint density at radius 1 is 1.07 bits per heavy atom. The molecule has 2 N–H and O–H groups in total. The maximum atomic E-state index is 12.5. The summed E-state index contributed by atoms with van der Waals surface area (Å²) in [5, 5.41) is 13.2. The Morgan fingerprint density at radius 2 is 1.75 bits per heavy atom. The number of benzene rings is 2. The number of ether oxygens (including phenoxy) is 1. The number of fused-ring (bicyclic) bond motifs is 1. The van der Waals surface area contributed by atoms with Crippen molar-refractivity contribution in [3.8, 4) is 5.75 Å². The van der Waals surface area contributed by atoms with Gasteiger partial charge in [0.25, 0.3) is 5.91 Å². The van der Waals surface area contributed by atoms with Crippen molar-refractivity contribution in [2.75, 3.05) is 6.54 Å². The smallest absolute Gasteiger partial charge is 0.261 e. The molecular weight excluding hydrogens is 350 g/mol. The third-order valence-corrected chi connectivity index (χ3v) is 5.47. The van der Waals surface area contributed by atoms with E-state index >= 15 is 0 Å². The van der Waals surface area contributed by atoms with Crippen LogP contribution >= 0.6 is 0 Å². The highest BCUT2D eigenvalue weighted by atomic mass is 16.5. The number of aliphatic hydroxyl groups is 1. The number of aryl methyl sites for hydroxylation is 2. The lowest BCUT2D eigenvalue weighted by molar-refractivity contribution is -0.128. The van der Waals surface area contributed by atoms with Crippen molar-refractivity contribution in [1.29, 1.82) is 0 Å². The first-order chi connectivity index (χ1) is 13.5. The van der Waals surface area contributed by atoms with Gasteiger partial charge in [-0.1, -0.05) is 51.1 Å². The van der Waals surface area contributed by atoms with Crippen molar-refractivity contribution >= 4 is 5.91 Å². The van der Waals surface area contributed by atoms with Crippen LogP contribution in [0.15, 0.2) is 42.5 Å². The van der Waals surface area contributed by atoms with E-state index in [1.807, 2.05) is 37.3 Å². The molecule has 4 nitrogen and oxygen atoms in total. The van der Waals surface area contributed by atoms with Crippen LogP contribution in [0.1, 0.15) is 67.9 Å². The first-order valence-corrected chi connectivity index (χ1v) is 10.3. The highest BCUT2D eigenvalue weighted by Gasteiger charge is 2.21. The third kappa shape index (κ3) is 4.93. The van der Waals surface area contributed by atoms with Crippen LogP contribution < -0.4 is 10.1 Å². The number of hydrogen-bond donors (Lipinski definition) is 2. The van der Waals surface area contributed by atoms with Gasteiger partial charge >= 0.3 is 0 Å². The molecule has 4 heteroatoms. The zero-order valence-corrected chi connectivity index (χ0v) is 17.1. The molecule has 1 amide bonds. The summed E-state index contributed by atoms with van der Waals surface area (Å²) in [6, 6.07) is 14.0. The van der Waals surface area contributed by atoms with E-state index in [2.05, 4.69) is 31.3 Å². The fraction of sp³-hybridized carbons (Fsp3) is 0.458. The van der Waals surface area contributed by atoms with Crippen LogP contribution in [0.5, 0.6) is 5.75 Å². The molecule has 28 heavy (non-hydrogen) atoms. The molecule has 3 rings (SSSR count). The summed E-state index contributed by atoms with van der Waals surface area (Å²) in [5.74, 6) is 1.00. The van der Waals surface area contributed by atoms with Gasteiger partial charge < -0.3 is 15.2 Å². The van der Waals surface area contributed by atoms with Crippen molar-refractivity contribution in [1.82, 2.24) is 5.32 Å². The predicted octanol–water partition coefficient (Wildman–Crippen LogP) is 4.31. The summed E-state index contributed by atoms with van der Waals surface area (Å²) in [6.07, 6.45) is 2.67. The average Bonchev–Trinajstić information content (AvgIpc) is 3.17. The largest absolute Gasteiger partial charge is 0.481 e. The molecule has 0 saturated heterocycles. The van der Waals surface area contributed by atoms with Gasteiger partial charge in [0.15, 0.2) is 6.10 Å². The second kappa shape index (κ2) is 9.24. The van der Waals surface area contributed by atoms with E-state index in [1.54, 1.807) is 0 Å². The minimum atomic E-state index is -0.734. The maximum Gasteiger partial charge on any atom is 0.261 e. The summed E-state index contributed by atoms with van der Waals surface area (Å²) >= 11 is 0. The van der Waals surface area contributed by atoms with Gasteiger partial charge in [-0.25, -0.2) is 0 Å². The second-order valence-corrected chi connectivity index (χ2v) is 7.88. The van der Waals surface area contributed by atoms with Crippen molar-refractivity contribution < 1.29 is 14.6 Å². The summed E-state index contributed by atoms with van der Waals surface area (Å²) < 4.78 is 5.94. The zero-order chi connectivity index (χ0) is 20.1. The van der Waals surface area contributed by atoms with Crippen LogP contribution in [0.4, 0.5) is 0 Å². The molecule has 2 atom stereocenters. The fourth-order valence-electron chi connectivity index (χ4n) is 3.64. The minimum Gasteiger partial charge on any atom is -0.481 e. The third-order valence-electron chi connectivity index (χ3n) is 5.47. The van der Waals surface area contributed by atoms with Crippen LogP contribution in [-0.4, -0.2) is 23.7 Å². The number of carbonyl (C=O) groups excluding carboxylic acids is 1. The molecule has 1 aliphatic carbocycles. The Balaban J connectivity index is 1.54. The van der Waals surface area contributed by atoms with Gasteiger partial charge in [-0.15, -0.1) is 0 Å². The van der Waals surface area contributed by atoms with Gasteiger partial charge in [-0.05, 0) is 66.0 Å². The van der Waals surface area contributed by atoms with E-state index in [4.69, 9.17) is 4.74 Å². The van der Waals surface area contributed by atoms with Gasteiger partial charge in [-0.2, -0.15) is 0 Å². The average molecular weight is 382 g/mol. The molecule has 2 unspecified atom stereocenters. The molecule has 0 spiro atoms. The second-order valence-electron chi connectivity index (χ2n) is 7.88. The predicted molar refractivity (Wildman–Crippen MR) is 112 cm³/mol. The van der Waals surface area contributed by atoms with Gasteiger partial charge in [-0.3, -0.25) is 4.79 Å². The van der Waals surface area contributed by atoms with Crippen LogP contribution in [0.2, 0.25) is 0 Å². The van der Waals surface area contributed by atoms with Crippen LogP contribution in [-0.2, 0) is 17.6 Å². The van der Waals surface area contributed by atoms with Crippen molar-refractivity contribution in [2.45, 2.75) is 64.6 Å². The molecule has 0 aromatic heterocycles. The molecule has 2 aromatic rings. The number of amides is 1. The highest BCUT2D eigenvalue weighted by molar-refractivity contribution is 5.81. The molecule has 0 fully saturated rings. The Kier molecular flexibility index (Phi) is 6.74. The normalized spacial score (nSPS) is 15.2. The number of aliphatic hydroxyl groups excluding tert-OH is 1. The van der Waals surface area contributed by atoms with E-state index in [1.165, 1.54) is 23.1 Å². The lowest BCUT2D eigenvalue weighted by Crippen LogP contribution is -2.39. The van der Waals surface area contributed by atoms with Gasteiger partial charge in [0.05, 0.1) is 6.10 Å². The Morgan fingerprint density at radius 3 is 2.43 bits per heavy atom. The SMILES string of the molecule is CCC(Oc1ccc2c(c1)CCC2)C(=O)NCC(O)c1ccc(C(C)C)cc1. The molecule has 2 aromatic carbocycles. The highest BCUT2D eigenvalue weighted by Crippen LogP contribution is 2.27. The topological polar surface area (TPSA) is 58.6 Å². The summed E-state index contributed by atoms with van der Waals surface area (Å²) in [5.41, 5.74) is 4.75. The molecule has 0 saturated carbocycles. The lowest BCUT2D eigenvalue weighted by Gasteiger charge is -2.19. The van der Waals surface area contributed by atoms with E-state index in [0.717, 1.165) is 24.2 Å². The molecule has 0 aliphatic heterocycles. The number of carbonyl (C=O) groups is 1. The Hall–Kier alpha value is -2.33. The van der Waals surface area contributed by atoms with E-state index < -0.39 is 12.2 Å². The monoisotopic (exact) mass is 381 g/mol. The van der Waals surface area contributed by atoms with Crippen molar-refractivity contribution in [3.63, 3.8) is 0 Å². The van der Waals surface area contributed by atoms with Crippen molar-refractivity contribution in [2.24, 2.45) is 0 Å². The van der Waals surface area contributed by atoms with Gasteiger partial charge in [0, 0.05) is 6.54 Å². The molecule has 1 aliphatic rings. The molecule has 0 radical (unpaired) electrons. The Bertz CT molecular complexity index is 798. The number of hydrogen-bond acceptors (Lipinski definition) is 3. The first kappa shape index (κ1) is 20.4. The van der Waals surface area contributed by atoms with E-state index in [-0.39, 0.29) is 12.5 Å². The zero-order valence-electron chi connectivity index (χ0n) is 17.1. The van der Waals surface area contributed by atoms with Crippen LogP contribution in [0.25, 0.3) is 0 Å². The minimum absolute atomic E-state index is 0.171. The molecule has 0 heterocycles. The van der Waals surface area contributed by atoms with E-state index in [0.29, 0.717) is 12.3 Å². The van der Waals surface area contributed by atoms with Crippen LogP contribution in [0, 0.1) is 0 Å². The standard InChI is InChI=1S/C24H31NO3/c1-4-23(28-21-13-12-18-6-5-7-20(18)14-21)24(27)25-15-22(26)19-10-8-17(9-11-19)16(2)3/h8-14,16,22-23,26H,4-7,15H2,1-3H3,(H,25,27).